The molecule has 0 spiro atoms. The predicted molar refractivity (Wildman–Crippen MR) is 112 cm³/mol. The fourth-order valence-electron chi connectivity index (χ4n) is 2.80. The van der Waals surface area contributed by atoms with Gasteiger partial charge in [0, 0.05) is 16.0 Å². The third-order valence-corrected chi connectivity index (χ3v) is 5.40. The van der Waals surface area contributed by atoms with E-state index in [0.29, 0.717) is 21.5 Å². The number of para-hydroxylation sites is 2. The Bertz CT molecular complexity index is 1120. The van der Waals surface area contributed by atoms with Crippen molar-refractivity contribution >= 4 is 46.3 Å². The topological polar surface area (TPSA) is 101 Å². The highest BCUT2D eigenvalue weighted by Crippen LogP contribution is 2.31. The number of anilines is 1. The lowest BCUT2D eigenvalue weighted by atomic mass is 10.2. The number of hydrogen-bond donors (Lipinski definition) is 2. The average Bonchev–Trinajstić information content (AvgIpc) is 3.25. The molecule has 30 heavy (non-hydrogen) atoms. The van der Waals surface area contributed by atoms with Crippen LogP contribution in [0.15, 0.2) is 53.9 Å². The Labute approximate surface area is 180 Å². The van der Waals surface area contributed by atoms with Crippen LogP contribution < -0.4 is 20.5 Å². The number of hydrogen-bond acceptors (Lipinski definition) is 6. The summed E-state index contributed by atoms with van der Waals surface area (Å²) >= 11 is 7.18. The highest BCUT2D eigenvalue weighted by atomic mass is 35.5. The number of nitrogens with one attached hydrogen (secondary N) is 2. The molecule has 0 fully saturated rings. The van der Waals surface area contributed by atoms with E-state index in [9.17, 15) is 14.4 Å². The van der Waals surface area contributed by atoms with Gasteiger partial charge in [0.1, 0.15) is 23.0 Å². The number of aromatic nitrogens is 1. The Morgan fingerprint density at radius 1 is 1.13 bits per heavy atom. The van der Waals surface area contributed by atoms with Gasteiger partial charge in [-0.15, -0.1) is 11.3 Å². The Morgan fingerprint density at radius 3 is 2.70 bits per heavy atom. The number of nitrogens with zero attached hydrogens (tertiary/aromatic N) is 2. The van der Waals surface area contributed by atoms with Crippen LogP contribution in [-0.2, 0) is 9.59 Å². The molecule has 2 heterocycles. The maximum atomic E-state index is 12.3. The summed E-state index contributed by atoms with van der Waals surface area (Å²) in [5, 5.41) is 2.85. The summed E-state index contributed by atoms with van der Waals surface area (Å²) in [5.74, 6) is -0.941. The maximum Gasteiger partial charge on any atom is 0.289 e. The fraction of sp³-hybridized carbons (Fsp3) is 0.100. The molecule has 0 atom stereocenters. The Kier molecular flexibility index (Phi) is 5.64. The van der Waals surface area contributed by atoms with Gasteiger partial charge in [0.2, 0.25) is 0 Å². The molecule has 3 aromatic rings. The monoisotopic (exact) mass is 442 g/mol. The lowest BCUT2D eigenvalue weighted by molar-refractivity contribution is -0.125. The van der Waals surface area contributed by atoms with Crippen LogP contribution in [0, 0.1) is 0 Å². The summed E-state index contributed by atoms with van der Waals surface area (Å²) in [6, 6.07) is 14.0. The first kappa shape index (κ1) is 19.9. The van der Waals surface area contributed by atoms with Gasteiger partial charge in [-0.1, -0.05) is 35.9 Å². The molecular weight excluding hydrogens is 428 g/mol. The van der Waals surface area contributed by atoms with E-state index in [1.165, 1.54) is 16.2 Å². The molecule has 0 aliphatic carbocycles. The number of amides is 3. The van der Waals surface area contributed by atoms with Crippen LogP contribution in [0.25, 0.3) is 10.6 Å². The van der Waals surface area contributed by atoms with Crippen molar-refractivity contribution in [2.45, 2.75) is 0 Å². The van der Waals surface area contributed by atoms with Gasteiger partial charge in [-0.05, 0) is 24.3 Å². The predicted octanol–water partition coefficient (Wildman–Crippen LogP) is 2.65. The maximum absolute atomic E-state index is 12.3. The number of benzene rings is 2. The van der Waals surface area contributed by atoms with Gasteiger partial charge in [0.25, 0.3) is 17.7 Å². The van der Waals surface area contributed by atoms with Crippen molar-refractivity contribution in [2.24, 2.45) is 0 Å². The molecule has 0 saturated carbocycles. The molecule has 152 valence electrons. The molecule has 10 heteroatoms. The standard InChI is InChI=1S/C20H15ClN4O4S/c21-13-7-5-12(6-8-13)20-22-14(11-30-20)19(28)24-23-17(26)9-25-15-3-1-2-4-16(15)29-10-18(25)27/h1-8,11H,9-10H2,(H,23,26)(H,24,28). The first-order valence-electron chi connectivity index (χ1n) is 8.84. The van der Waals surface area contributed by atoms with Crippen molar-refractivity contribution in [3.63, 3.8) is 0 Å². The van der Waals surface area contributed by atoms with E-state index in [4.69, 9.17) is 16.3 Å². The van der Waals surface area contributed by atoms with E-state index in [1.807, 2.05) is 12.1 Å². The SMILES string of the molecule is O=C(CN1C(=O)COc2ccccc21)NNC(=O)c1csc(-c2ccc(Cl)cc2)n1. The molecule has 0 saturated heterocycles. The molecule has 0 unspecified atom stereocenters. The molecule has 3 amide bonds. The van der Waals surface area contributed by atoms with Gasteiger partial charge in [0.15, 0.2) is 6.61 Å². The average molecular weight is 443 g/mol. The van der Waals surface area contributed by atoms with E-state index >= 15 is 0 Å². The minimum absolute atomic E-state index is 0.150. The summed E-state index contributed by atoms with van der Waals surface area (Å²) in [6.45, 7) is -0.407. The first-order chi connectivity index (χ1) is 14.5. The lowest BCUT2D eigenvalue weighted by Crippen LogP contribution is -2.49. The van der Waals surface area contributed by atoms with Gasteiger partial charge in [-0.2, -0.15) is 0 Å². The minimum Gasteiger partial charge on any atom is -0.482 e. The van der Waals surface area contributed by atoms with E-state index in [2.05, 4.69) is 15.8 Å². The second-order valence-electron chi connectivity index (χ2n) is 6.28. The van der Waals surface area contributed by atoms with E-state index < -0.39 is 11.8 Å². The molecule has 1 aliphatic heterocycles. The van der Waals surface area contributed by atoms with Crippen LogP contribution >= 0.6 is 22.9 Å². The van der Waals surface area contributed by atoms with E-state index in [1.54, 1.807) is 41.8 Å². The Morgan fingerprint density at radius 2 is 1.90 bits per heavy atom. The number of halogens is 1. The van der Waals surface area contributed by atoms with Crippen molar-refractivity contribution in [1.82, 2.24) is 15.8 Å². The van der Waals surface area contributed by atoms with Crippen LogP contribution in [0.3, 0.4) is 0 Å². The normalized spacial score (nSPS) is 12.7. The summed E-state index contributed by atoms with van der Waals surface area (Å²) in [7, 11) is 0. The zero-order valence-electron chi connectivity index (χ0n) is 15.4. The number of carbonyl (C=O) groups excluding carboxylic acids is 3. The minimum atomic E-state index is -0.562. The van der Waals surface area contributed by atoms with Gasteiger partial charge < -0.3 is 4.74 Å². The smallest absolute Gasteiger partial charge is 0.289 e. The molecule has 8 nitrogen and oxygen atoms in total. The molecule has 4 rings (SSSR count). The van der Waals surface area contributed by atoms with Crippen LogP contribution in [0.2, 0.25) is 5.02 Å². The number of rotatable bonds is 4. The van der Waals surface area contributed by atoms with Gasteiger partial charge >= 0.3 is 0 Å². The third kappa shape index (κ3) is 4.27. The second kappa shape index (κ2) is 8.52. The molecular formula is C20H15ClN4O4S. The van der Waals surface area contributed by atoms with Crippen LogP contribution in [0.1, 0.15) is 10.5 Å². The molecule has 1 aromatic heterocycles. The fourth-order valence-corrected chi connectivity index (χ4v) is 3.74. The summed E-state index contributed by atoms with van der Waals surface area (Å²) in [6.07, 6.45) is 0. The summed E-state index contributed by atoms with van der Waals surface area (Å²) in [5.41, 5.74) is 6.12. The molecule has 0 bridgehead atoms. The Hall–Kier alpha value is -3.43. The second-order valence-corrected chi connectivity index (χ2v) is 7.58. The quantitative estimate of drug-likeness (QED) is 0.605. The molecule has 1 aliphatic rings. The number of thiazole rings is 1. The third-order valence-electron chi connectivity index (χ3n) is 4.25. The van der Waals surface area contributed by atoms with Crippen LogP contribution in [0.5, 0.6) is 5.75 Å². The summed E-state index contributed by atoms with van der Waals surface area (Å²) < 4.78 is 5.34. The molecule has 2 N–H and O–H groups in total. The summed E-state index contributed by atoms with van der Waals surface area (Å²) in [4.78, 5) is 42.3. The zero-order chi connectivity index (χ0) is 21.1. The van der Waals surface area contributed by atoms with Crippen LogP contribution in [0.4, 0.5) is 5.69 Å². The zero-order valence-corrected chi connectivity index (χ0v) is 17.0. The largest absolute Gasteiger partial charge is 0.482 e. The lowest BCUT2D eigenvalue weighted by Gasteiger charge is -2.28. The molecule has 0 radical (unpaired) electrons. The van der Waals surface area contributed by atoms with Gasteiger partial charge in [-0.3, -0.25) is 30.1 Å². The first-order valence-corrected chi connectivity index (χ1v) is 10.1. The van der Waals surface area contributed by atoms with E-state index in [-0.39, 0.29) is 24.8 Å². The van der Waals surface area contributed by atoms with Crippen molar-refractivity contribution in [3.8, 4) is 16.3 Å². The van der Waals surface area contributed by atoms with Crippen molar-refractivity contribution in [3.05, 3.63) is 64.6 Å². The number of fused-ring (bicyclic) bond motifs is 1. The number of carbonyl (C=O) groups is 3. The molecule has 2 aromatic carbocycles. The van der Waals surface area contributed by atoms with Gasteiger partial charge in [0.05, 0.1) is 5.69 Å². The van der Waals surface area contributed by atoms with Crippen molar-refractivity contribution in [1.29, 1.82) is 0 Å². The number of ether oxygens (including phenoxy) is 1. The van der Waals surface area contributed by atoms with Crippen LogP contribution in [-0.4, -0.2) is 35.9 Å². The van der Waals surface area contributed by atoms with Crippen molar-refractivity contribution in [2.75, 3.05) is 18.1 Å². The highest BCUT2D eigenvalue weighted by Gasteiger charge is 2.27. The highest BCUT2D eigenvalue weighted by molar-refractivity contribution is 7.13. The number of hydrazine groups is 1. The van der Waals surface area contributed by atoms with Crippen molar-refractivity contribution < 1.29 is 19.1 Å². The van der Waals surface area contributed by atoms with E-state index in [0.717, 1.165) is 5.56 Å². The van der Waals surface area contributed by atoms with Gasteiger partial charge in [-0.25, -0.2) is 4.98 Å². The Balaban J connectivity index is 1.36.